The number of hydrogen-bond donors (Lipinski definition) is 1. The van der Waals surface area contributed by atoms with Crippen LogP contribution in [0.2, 0.25) is 0 Å². The van der Waals surface area contributed by atoms with Gasteiger partial charge >= 0.3 is 12.1 Å². The number of carbonyl (C=O) groups is 1. The Bertz CT molecular complexity index is 1650. The molecule has 9 heteroatoms. The van der Waals surface area contributed by atoms with E-state index in [4.69, 9.17) is 4.74 Å². The van der Waals surface area contributed by atoms with Crippen LogP contribution in [0, 0.1) is 5.82 Å². The van der Waals surface area contributed by atoms with Crippen LogP contribution >= 0.6 is 0 Å². The fourth-order valence-corrected chi connectivity index (χ4v) is 5.50. The van der Waals surface area contributed by atoms with Crippen LogP contribution in [0.25, 0.3) is 10.9 Å². The number of nitrogens with zero attached hydrogens (tertiary/aromatic N) is 2. The predicted octanol–water partition coefficient (Wildman–Crippen LogP) is 7.99. The maximum absolute atomic E-state index is 15.1. The quantitative estimate of drug-likeness (QED) is 0.109. The molecule has 4 aromatic carbocycles. The van der Waals surface area contributed by atoms with Crippen molar-refractivity contribution in [3.63, 3.8) is 0 Å². The van der Waals surface area contributed by atoms with Gasteiger partial charge in [0, 0.05) is 42.7 Å². The maximum Gasteiger partial charge on any atom is 0.419 e. The Hall–Kier alpha value is -4.63. The van der Waals surface area contributed by atoms with Crippen molar-refractivity contribution in [2.45, 2.75) is 31.6 Å². The Morgan fingerprint density at radius 2 is 1.52 bits per heavy atom. The highest BCUT2D eigenvalue weighted by molar-refractivity contribution is 5.87. The molecule has 5 aromatic rings. The second-order valence-electron chi connectivity index (χ2n) is 10.6. The first-order valence-corrected chi connectivity index (χ1v) is 14.3. The molecule has 1 aromatic heterocycles. The lowest BCUT2D eigenvalue weighted by molar-refractivity contribution is -0.140. The lowest BCUT2D eigenvalue weighted by atomic mass is 9.90. The summed E-state index contributed by atoms with van der Waals surface area (Å²) in [6.07, 6.45) is -2.58. The molecule has 0 spiro atoms. The second-order valence-corrected chi connectivity index (χ2v) is 10.6. The number of carboxylic acid groups (broad SMARTS) is 1. The fourth-order valence-electron chi connectivity index (χ4n) is 5.50. The molecule has 1 N–H and O–H groups in total. The first-order chi connectivity index (χ1) is 21.2. The van der Waals surface area contributed by atoms with Gasteiger partial charge in [0.2, 0.25) is 0 Å². The molecule has 5 rings (SSSR count). The number of carboxylic acids is 1. The van der Waals surface area contributed by atoms with Gasteiger partial charge in [-0.15, -0.1) is 0 Å². The van der Waals surface area contributed by atoms with E-state index in [1.807, 2.05) is 77.7 Å². The van der Waals surface area contributed by atoms with Crippen molar-refractivity contribution in [1.82, 2.24) is 9.47 Å². The summed E-state index contributed by atoms with van der Waals surface area (Å²) in [5.74, 6) is -1.70. The summed E-state index contributed by atoms with van der Waals surface area (Å²) in [6.45, 7) is 0.989. The summed E-state index contributed by atoms with van der Waals surface area (Å²) >= 11 is 0. The molecule has 228 valence electrons. The maximum atomic E-state index is 15.1. The zero-order chi connectivity index (χ0) is 31.1. The zero-order valence-electron chi connectivity index (χ0n) is 23.9. The van der Waals surface area contributed by atoms with Gasteiger partial charge in [0.25, 0.3) is 0 Å². The summed E-state index contributed by atoms with van der Waals surface area (Å²) in [4.78, 5) is 13.2. The molecule has 0 saturated heterocycles. The van der Waals surface area contributed by atoms with E-state index < -0.39 is 23.5 Å². The summed E-state index contributed by atoms with van der Waals surface area (Å²) < 4.78 is 63.4. The van der Waals surface area contributed by atoms with Crippen molar-refractivity contribution in [3.8, 4) is 5.75 Å². The Morgan fingerprint density at radius 3 is 2.16 bits per heavy atom. The normalized spacial score (nSPS) is 11.9. The third-order valence-corrected chi connectivity index (χ3v) is 7.58. The number of alkyl halides is 3. The van der Waals surface area contributed by atoms with Crippen molar-refractivity contribution in [2.24, 2.45) is 0 Å². The van der Waals surface area contributed by atoms with Gasteiger partial charge in [-0.3, -0.25) is 9.69 Å². The number of rotatable bonds is 13. The molecule has 0 saturated carbocycles. The van der Waals surface area contributed by atoms with Crippen LogP contribution in [0.5, 0.6) is 5.75 Å². The van der Waals surface area contributed by atoms with Gasteiger partial charge in [0.05, 0.1) is 17.7 Å². The van der Waals surface area contributed by atoms with Gasteiger partial charge in [0.15, 0.2) is 0 Å². The minimum Gasteiger partial charge on any atom is -0.493 e. The molecular formula is C35H32F4N2O3. The highest BCUT2D eigenvalue weighted by atomic mass is 19.4. The van der Waals surface area contributed by atoms with Crippen molar-refractivity contribution in [2.75, 3.05) is 19.7 Å². The topological polar surface area (TPSA) is 54.7 Å². The minimum atomic E-state index is -4.79. The smallest absolute Gasteiger partial charge is 0.419 e. The summed E-state index contributed by atoms with van der Waals surface area (Å²) in [7, 11) is 0. The molecule has 0 unspecified atom stereocenters. The molecule has 0 radical (unpaired) electrons. The van der Waals surface area contributed by atoms with Crippen molar-refractivity contribution in [1.29, 1.82) is 0 Å². The molecule has 0 fully saturated rings. The van der Waals surface area contributed by atoms with Gasteiger partial charge in [-0.1, -0.05) is 78.9 Å². The van der Waals surface area contributed by atoms with Gasteiger partial charge in [-0.2, -0.15) is 13.2 Å². The number of aliphatic carboxylic acids is 1. The Labute approximate surface area is 252 Å². The number of aromatic nitrogens is 1. The fraction of sp³-hybridized carbons (Fsp3) is 0.229. The van der Waals surface area contributed by atoms with E-state index in [1.54, 1.807) is 22.9 Å². The highest BCUT2D eigenvalue weighted by Crippen LogP contribution is 2.33. The number of benzene rings is 4. The predicted molar refractivity (Wildman–Crippen MR) is 161 cm³/mol. The molecule has 44 heavy (non-hydrogen) atoms. The lowest BCUT2D eigenvalue weighted by Crippen LogP contribution is -2.31. The van der Waals surface area contributed by atoms with Crippen LogP contribution in [-0.4, -0.2) is 40.2 Å². The lowest BCUT2D eigenvalue weighted by Gasteiger charge is -2.29. The van der Waals surface area contributed by atoms with E-state index in [9.17, 15) is 23.1 Å². The zero-order valence-corrected chi connectivity index (χ0v) is 23.9. The van der Waals surface area contributed by atoms with Gasteiger partial charge in [-0.05, 0) is 41.8 Å². The van der Waals surface area contributed by atoms with Crippen LogP contribution < -0.4 is 4.74 Å². The summed E-state index contributed by atoms with van der Waals surface area (Å²) in [5.41, 5.74) is 1.53. The van der Waals surface area contributed by atoms with E-state index >= 15 is 4.39 Å². The minimum absolute atomic E-state index is 0.0143. The van der Waals surface area contributed by atoms with Crippen molar-refractivity contribution < 1.29 is 32.2 Å². The van der Waals surface area contributed by atoms with E-state index in [-0.39, 0.29) is 24.6 Å². The van der Waals surface area contributed by atoms with E-state index in [1.165, 1.54) is 12.1 Å². The van der Waals surface area contributed by atoms with Crippen LogP contribution in [0.4, 0.5) is 17.6 Å². The van der Waals surface area contributed by atoms with Crippen molar-refractivity contribution >= 4 is 16.9 Å². The third-order valence-electron chi connectivity index (χ3n) is 7.58. The van der Waals surface area contributed by atoms with Gasteiger partial charge < -0.3 is 14.4 Å². The number of ether oxygens (including phenoxy) is 1. The average molecular weight is 605 g/mol. The standard InChI is InChI=1S/C35H32F4N2O3/c36-34-27(14-7-15-30(34)35(37,38)39)22-40(23-29(25-10-3-1-4-11-25)26-12-5-2-6-13-26)19-9-21-44-32-17-8-16-31-28(32)18-20-41(31)24-33(42)43/h1-8,10-18,20,29H,9,19,21-24H2,(H,42,43). The monoisotopic (exact) mass is 604 g/mol. The molecule has 0 amide bonds. The van der Waals surface area contributed by atoms with Crippen molar-refractivity contribution in [3.05, 3.63) is 137 Å². The Balaban J connectivity index is 1.37. The van der Waals surface area contributed by atoms with Gasteiger partial charge in [0.1, 0.15) is 18.1 Å². The van der Waals surface area contributed by atoms with Crippen LogP contribution in [-0.2, 0) is 24.1 Å². The molecule has 0 aliphatic carbocycles. The van der Waals surface area contributed by atoms with E-state index in [2.05, 4.69) is 0 Å². The molecule has 5 nitrogen and oxygen atoms in total. The first-order valence-electron chi connectivity index (χ1n) is 14.3. The molecule has 1 heterocycles. The summed E-state index contributed by atoms with van der Waals surface area (Å²) in [5, 5.41) is 9.97. The molecular weight excluding hydrogens is 572 g/mol. The SMILES string of the molecule is O=C(O)Cn1ccc2c(OCCCN(Cc3cccc(C(F)(F)F)c3F)CC(c3ccccc3)c3ccccc3)cccc21. The number of fused-ring (bicyclic) bond motifs is 1. The first kappa shape index (κ1) is 30.8. The van der Waals surface area contributed by atoms with Gasteiger partial charge in [-0.25, -0.2) is 4.39 Å². The van der Waals surface area contributed by atoms with Crippen LogP contribution in [0.3, 0.4) is 0 Å². The summed E-state index contributed by atoms with van der Waals surface area (Å²) in [6, 6.07) is 30.3. The molecule has 0 atom stereocenters. The Morgan fingerprint density at radius 1 is 0.864 bits per heavy atom. The van der Waals surface area contributed by atoms with E-state index in [0.717, 1.165) is 28.1 Å². The van der Waals surface area contributed by atoms with Crippen LogP contribution in [0.15, 0.2) is 109 Å². The number of hydrogen-bond acceptors (Lipinski definition) is 3. The average Bonchev–Trinajstić information content (AvgIpc) is 3.41. The molecule has 0 aliphatic heterocycles. The highest BCUT2D eigenvalue weighted by Gasteiger charge is 2.35. The number of halogens is 4. The third kappa shape index (κ3) is 7.47. The largest absolute Gasteiger partial charge is 0.493 e. The van der Waals surface area contributed by atoms with E-state index in [0.29, 0.717) is 31.9 Å². The Kier molecular flexibility index (Phi) is 9.65. The second kappa shape index (κ2) is 13.8. The molecule has 0 aliphatic rings. The molecule has 0 bridgehead atoms. The van der Waals surface area contributed by atoms with Crippen LogP contribution in [0.1, 0.15) is 34.6 Å².